The van der Waals surface area contributed by atoms with Crippen LogP contribution in [-0.2, 0) is 4.79 Å². The largest absolute Gasteiger partial charge is 0.427 e. The predicted octanol–water partition coefficient (Wildman–Crippen LogP) is 5.50. The smallest absolute Gasteiger partial charge is 0.311 e. The van der Waals surface area contributed by atoms with E-state index >= 15 is 0 Å². The fourth-order valence-electron chi connectivity index (χ4n) is 2.04. The van der Waals surface area contributed by atoms with Crippen molar-refractivity contribution in [3.05, 3.63) is 58.6 Å². The molecule has 0 bridgehead atoms. The summed E-state index contributed by atoms with van der Waals surface area (Å²) in [6, 6.07) is 12.5. The molecule has 25 heavy (non-hydrogen) atoms. The third-order valence-corrected chi connectivity index (χ3v) is 3.39. The van der Waals surface area contributed by atoms with E-state index < -0.39 is 4.92 Å². The molecule has 7 heteroatoms. The molecule has 0 saturated carbocycles. The SMILES string of the molecule is CCCCCC(=O)Oc1ccc(N=Nc2ccc([N+](=O)[O-])cc2)cc1. The number of nitro groups is 1. The summed E-state index contributed by atoms with van der Waals surface area (Å²) in [5, 5.41) is 18.6. The summed E-state index contributed by atoms with van der Waals surface area (Å²) >= 11 is 0. The van der Waals surface area contributed by atoms with Gasteiger partial charge in [0.05, 0.1) is 16.3 Å². The second-order valence-corrected chi connectivity index (χ2v) is 5.40. The van der Waals surface area contributed by atoms with Gasteiger partial charge in [-0.3, -0.25) is 14.9 Å². The Hall–Kier alpha value is -3.09. The van der Waals surface area contributed by atoms with Crippen LogP contribution in [0.25, 0.3) is 0 Å². The molecule has 0 heterocycles. The number of carbonyl (C=O) groups is 1. The molecular weight excluding hydrogens is 322 g/mol. The van der Waals surface area contributed by atoms with E-state index in [1.807, 2.05) is 0 Å². The van der Waals surface area contributed by atoms with Gasteiger partial charge in [-0.1, -0.05) is 19.8 Å². The second-order valence-electron chi connectivity index (χ2n) is 5.40. The lowest BCUT2D eigenvalue weighted by Crippen LogP contribution is -2.07. The van der Waals surface area contributed by atoms with Gasteiger partial charge in [0, 0.05) is 18.6 Å². The van der Waals surface area contributed by atoms with Gasteiger partial charge in [0.25, 0.3) is 5.69 Å². The minimum atomic E-state index is -0.469. The third kappa shape index (κ3) is 6.14. The van der Waals surface area contributed by atoms with Crippen LogP contribution in [0.4, 0.5) is 17.1 Å². The maximum Gasteiger partial charge on any atom is 0.311 e. The van der Waals surface area contributed by atoms with Gasteiger partial charge < -0.3 is 4.74 Å². The summed E-state index contributed by atoms with van der Waals surface area (Å²) in [7, 11) is 0. The number of benzene rings is 2. The number of rotatable bonds is 8. The Labute approximate surface area is 145 Å². The molecule has 0 aromatic heterocycles. The van der Waals surface area contributed by atoms with Gasteiger partial charge >= 0.3 is 5.97 Å². The molecule has 0 saturated heterocycles. The summed E-state index contributed by atoms with van der Waals surface area (Å²) in [5.74, 6) is 0.226. The van der Waals surface area contributed by atoms with E-state index in [4.69, 9.17) is 4.74 Å². The van der Waals surface area contributed by atoms with Crippen LogP contribution < -0.4 is 4.74 Å². The Kier molecular flexibility index (Phi) is 6.76. The Morgan fingerprint density at radius 2 is 1.56 bits per heavy atom. The Morgan fingerprint density at radius 3 is 2.08 bits per heavy atom. The van der Waals surface area contributed by atoms with Crippen molar-refractivity contribution in [2.24, 2.45) is 10.2 Å². The van der Waals surface area contributed by atoms with Gasteiger partial charge in [-0.25, -0.2) is 0 Å². The summed E-state index contributed by atoms with van der Waals surface area (Å²) in [6.07, 6.45) is 3.31. The summed E-state index contributed by atoms with van der Waals surface area (Å²) in [6.45, 7) is 2.08. The van der Waals surface area contributed by atoms with Crippen molar-refractivity contribution >= 4 is 23.0 Å². The maximum absolute atomic E-state index is 11.6. The zero-order chi connectivity index (χ0) is 18.1. The van der Waals surface area contributed by atoms with Gasteiger partial charge in [0.1, 0.15) is 5.75 Å². The van der Waals surface area contributed by atoms with Crippen LogP contribution in [0.3, 0.4) is 0 Å². The van der Waals surface area contributed by atoms with Crippen LogP contribution in [0.2, 0.25) is 0 Å². The fourth-order valence-corrected chi connectivity index (χ4v) is 2.04. The summed E-state index contributed by atoms with van der Waals surface area (Å²) < 4.78 is 5.24. The number of unbranched alkanes of at least 4 members (excludes halogenated alkanes) is 2. The Morgan fingerprint density at radius 1 is 1.00 bits per heavy atom. The van der Waals surface area contributed by atoms with Crippen LogP contribution in [0, 0.1) is 10.1 Å². The number of azo groups is 1. The zero-order valence-corrected chi connectivity index (χ0v) is 13.9. The Balaban J connectivity index is 1.91. The monoisotopic (exact) mass is 341 g/mol. The van der Waals surface area contributed by atoms with Crippen molar-refractivity contribution in [3.8, 4) is 5.75 Å². The molecule has 2 aromatic carbocycles. The average Bonchev–Trinajstić information content (AvgIpc) is 2.62. The number of esters is 1. The van der Waals surface area contributed by atoms with E-state index in [9.17, 15) is 14.9 Å². The van der Waals surface area contributed by atoms with Crippen LogP contribution in [0.5, 0.6) is 5.75 Å². The van der Waals surface area contributed by atoms with Crippen molar-refractivity contribution < 1.29 is 14.5 Å². The summed E-state index contributed by atoms with van der Waals surface area (Å²) in [4.78, 5) is 21.8. The second kappa shape index (κ2) is 9.27. The molecule has 7 nitrogen and oxygen atoms in total. The molecule has 2 rings (SSSR count). The molecule has 0 N–H and O–H groups in total. The molecule has 0 unspecified atom stereocenters. The highest BCUT2D eigenvalue weighted by atomic mass is 16.6. The molecule has 0 aliphatic heterocycles. The molecule has 0 atom stereocenters. The Bertz CT molecular complexity index is 740. The number of nitro benzene ring substituents is 1. The normalized spacial score (nSPS) is 10.8. The van der Waals surface area contributed by atoms with Gasteiger partial charge in [-0.15, -0.1) is 0 Å². The highest BCUT2D eigenvalue weighted by Crippen LogP contribution is 2.23. The van der Waals surface area contributed by atoms with Crippen molar-refractivity contribution in [3.63, 3.8) is 0 Å². The van der Waals surface area contributed by atoms with E-state index in [1.54, 1.807) is 24.3 Å². The molecule has 0 fully saturated rings. The first-order chi connectivity index (χ1) is 12.1. The van der Waals surface area contributed by atoms with E-state index in [1.165, 1.54) is 24.3 Å². The quantitative estimate of drug-likeness (QED) is 0.158. The highest BCUT2D eigenvalue weighted by molar-refractivity contribution is 5.72. The topological polar surface area (TPSA) is 94.2 Å². The molecule has 2 aromatic rings. The minimum absolute atomic E-state index is 0.00376. The van der Waals surface area contributed by atoms with Gasteiger partial charge in [-0.2, -0.15) is 10.2 Å². The fraction of sp³-hybridized carbons (Fsp3) is 0.278. The van der Waals surface area contributed by atoms with Crippen LogP contribution in [0.1, 0.15) is 32.6 Å². The molecular formula is C18H19N3O4. The lowest BCUT2D eigenvalue weighted by molar-refractivity contribution is -0.384. The van der Waals surface area contributed by atoms with Crippen LogP contribution in [-0.4, -0.2) is 10.9 Å². The van der Waals surface area contributed by atoms with E-state index in [2.05, 4.69) is 17.2 Å². The first kappa shape index (κ1) is 18.3. The summed E-state index contributed by atoms with van der Waals surface area (Å²) in [5.41, 5.74) is 1.10. The lowest BCUT2D eigenvalue weighted by atomic mass is 10.2. The highest BCUT2D eigenvalue weighted by Gasteiger charge is 2.05. The molecule has 0 aliphatic carbocycles. The van der Waals surface area contributed by atoms with E-state index in [0.29, 0.717) is 23.5 Å². The number of nitrogens with zero attached hydrogens (tertiary/aromatic N) is 3. The van der Waals surface area contributed by atoms with Crippen molar-refractivity contribution in [1.82, 2.24) is 0 Å². The minimum Gasteiger partial charge on any atom is -0.427 e. The zero-order valence-electron chi connectivity index (χ0n) is 13.9. The number of hydrogen-bond acceptors (Lipinski definition) is 6. The van der Waals surface area contributed by atoms with Crippen LogP contribution in [0.15, 0.2) is 58.8 Å². The van der Waals surface area contributed by atoms with Crippen molar-refractivity contribution in [2.75, 3.05) is 0 Å². The van der Waals surface area contributed by atoms with Crippen LogP contribution >= 0.6 is 0 Å². The molecule has 0 amide bonds. The van der Waals surface area contributed by atoms with Gasteiger partial charge in [0.2, 0.25) is 0 Å². The number of carbonyl (C=O) groups excluding carboxylic acids is 1. The first-order valence-electron chi connectivity index (χ1n) is 8.05. The number of ether oxygens (including phenoxy) is 1. The van der Waals surface area contributed by atoms with Crippen molar-refractivity contribution in [2.45, 2.75) is 32.6 Å². The maximum atomic E-state index is 11.6. The molecule has 130 valence electrons. The molecule has 0 radical (unpaired) electrons. The lowest BCUT2D eigenvalue weighted by Gasteiger charge is -2.04. The average molecular weight is 341 g/mol. The predicted molar refractivity (Wildman–Crippen MR) is 93.5 cm³/mol. The first-order valence-corrected chi connectivity index (χ1v) is 8.05. The van der Waals surface area contributed by atoms with Gasteiger partial charge in [-0.05, 0) is 42.8 Å². The van der Waals surface area contributed by atoms with E-state index in [0.717, 1.165) is 19.3 Å². The van der Waals surface area contributed by atoms with Gasteiger partial charge in [0.15, 0.2) is 0 Å². The standard InChI is InChI=1S/C18H19N3O4/c1-2-3-4-5-18(22)25-17-12-8-15(9-13-17)20-19-14-6-10-16(11-7-14)21(23)24/h6-13H,2-5H2,1H3. The molecule has 0 aliphatic rings. The third-order valence-electron chi connectivity index (χ3n) is 3.39. The number of hydrogen-bond donors (Lipinski definition) is 0. The number of non-ortho nitro benzene ring substituents is 1. The van der Waals surface area contributed by atoms with E-state index in [-0.39, 0.29) is 11.7 Å². The van der Waals surface area contributed by atoms with Crippen molar-refractivity contribution in [1.29, 1.82) is 0 Å². The molecule has 0 spiro atoms.